The Kier molecular flexibility index (Phi) is 5.48. The Morgan fingerprint density at radius 2 is 1.94 bits per heavy atom. The molecule has 0 radical (unpaired) electrons. The van der Waals surface area contributed by atoms with Gasteiger partial charge in [-0.3, -0.25) is 4.98 Å². The Hall–Kier alpha value is -2.73. The molecular weight excluding hydrogens is 407 g/mol. The van der Waals surface area contributed by atoms with E-state index >= 15 is 0 Å². The van der Waals surface area contributed by atoms with E-state index in [2.05, 4.69) is 38.2 Å². The van der Waals surface area contributed by atoms with Crippen molar-refractivity contribution in [3.05, 3.63) is 83.7 Å². The Labute approximate surface area is 188 Å². The van der Waals surface area contributed by atoms with Gasteiger partial charge in [0, 0.05) is 30.3 Å². The SMILES string of the molecule is Cc1cc(N2C(=S)N[C@H](c3ccccn3)[C@H]2c2ccn(C3CCCCC3)c2)ccc1F. The molecule has 0 bridgehead atoms. The molecule has 1 saturated heterocycles. The van der Waals surface area contributed by atoms with Gasteiger partial charge in [0.15, 0.2) is 5.11 Å². The van der Waals surface area contributed by atoms with Crippen LogP contribution in [-0.2, 0) is 0 Å². The molecule has 1 aromatic carbocycles. The predicted molar refractivity (Wildman–Crippen MR) is 126 cm³/mol. The number of hydrogen-bond donors (Lipinski definition) is 1. The molecule has 4 nitrogen and oxygen atoms in total. The smallest absolute Gasteiger partial charge is 0.174 e. The highest BCUT2D eigenvalue weighted by molar-refractivity contribution is 7.80. The van der Waals surface area contributed by atoms with Crippen molar-refractivity contribution in [3.8, 4) is 0 Å². The van der Waals surface area contributed by atoms with E-state index in [0.29, 0.717) is 16.7 Å². The molecule has 5 rings (SSSR count). The molecule has 6 heteroatoms. The Balaban J connectivity index is 1.56. The van der Waals surface area contributed by atoms with Crippen molar-refractivity contribution in [2.24, 2.45) is 0 Å². The van der Waals surface area contributed by atoms with Crippen LogP contribution in [0.5, 0.6) is 0 Å². The van der Waals surface area contributed by atoms with Crippen LogP contribution in [0.15, 0.2) is 61.1 Å². The Morgan fingerprint density at radius 3 is 2.68 bits per heavy atom. The molecule has 1 N–H and O–H groups in total. The van der Waals surface area contributed by atoms with Crippen LogP contribution >= 0.6 is 12.2 Å². The van der Waals surface area contributed by atoms with E-state index in [4.69, 9.17) is 12.2 Å². The number of hydrogen-bond acceptors (Lipinski definition) is 2. The van der Waals surface area contributed by atoms with E-state index in [-0.39, 0.29) is 17.9 Å². The number of thiocarbonyl (C=S) groups is 1. The number of nitrogens with zero attached hydrogens (tertiary/aromatic N) is 3. The van der Waals surface area contributed by atoms with Crippen LogP contribution in [-0.4, -0.2) is 14.7 Å². The first-order chi connectivity index (χ1) is 15.1. The molecule has 1 aliphatic carbocycles. The van der Waals surface area contributed by atoms with Gasteiger partial charge >= 0.3 is 0 Å². The lowest BCUT2D eigenvalue weighted by atomic mass is 9.95. The first-order valence-corrected chi connectivity index (χ1v) is 11.5. The highest BCUT2D eigenvalue weighted by Gasteiger charge is 2.41. The zero-order valence-corrected chi connectivity index (χ0v) is 18.5. The fraction of sp³-hybridized carbons (Fsp3) is 0.360. The molecule has 2 aliphatic rings. The third-order valence-corrected chi connectivity index (χ3v) is 6.91. The van der Waals surface area contributed by atoms with Crippen LogP contribution in [0.1, 0.15) is 67.1 Å². The number of rotatable bonds is 4. The van der Waals surface area contributed by atoms with E-state index in [0.717, 1.165) is 11.4 Å². The van der Waals surface area contributed by atoms with Crippen molar-refractivity contribution >= 4 is 23.0 Å². The van der Waals surface area contributed by atoms with E-state index in [1.54, 1.807) is 6.92 Å². The molecule has 0 unspecified atom stereocenters. The number of aryl methyl sites for hydroxylation is 1. The Bertz CT molecular complexity index is 1070. The van der Waals surface area contributed by atoms with Gasteiger partial charge in [-0.15, -0.1) is 0 Å². The van der Waals surface area contributed by atoms with Crippen LogP contribution < -0.4 is 10.2 Å². The molecule has 160 valence electrons. The van der Waals surface area contributed by atoms with Gasteiger partial charge in [0.1, 0.15) is 5.82 Å². The van der Waals surface area contributed by atoms with E-state index in [9.17, 15) is 4.39 Å². The van der Waals surface area contributed by atoms with Crippen LogP contribution in [0.2, 0.25) is 0 Å². The molecule has 3 aromatic rings. The summed E-state index contributed by atoms with van der Waals surface area (Å²) in [5.74, 6) is -0.205. The average molecular weight is 435 g/mol. The van der Waals surface area contributed by atoms with Gasteiger partial charge < -0.3 is 14.8 Å². The van der Waals surface area contributed by atoms with Gasteiger partial charge in [-0.2, -0.15) is 0 Å². The van der Waals surface area contributed by atoms with Gasteiger partial charge in [0.05, 0.1) is 17.8 Å². The molecule has 3 heterocycles. The number of nitrogens with one attached hydrogen (secondary N) is 1. The normalized spacial score (nSPS) is 22.0. The third-order valence-electron chi connectivity index (χ3n) is 6.59. The second-order valence-corrected chi connectivity index (χ2v) is 9.00. The van der Waals surface area contributed by atoms with E-state index in [1.165, 1.54) is 43.7 Å². The molecule has 31 heavy (non-hydrogen) atoms. The van der Waals surface area contributed by atoms with Crippen LogP contribution in [0.3, 0.4) is 0 Å². The predicted octanol–water partition coefficient (Wildman–Crippen LogP) is 6.01. The van der Waals surface area contributed by atoms with Crippen LogP contribution in [0, 0.1) is 12.7 Å². The fourth-order valence-corrected chi connectivity index (χ4v) is 5.31. The molecule has 1 saturated carbocycles. The zero-order valence-electron chi connectivity index (χ0n) is 17.7. The molecular formula is C25H27FN4S. The number of anilines is 1. The summed E-state index contributed by atoms with van der Waals surface area (Å²) < 4.78 is 16.3. The lowest BCUT2D eigenvalue weighted by molar-refractivity contribution is 0.353. The van der Waals surface area contributed by atoms with Gasteiger partial charge in [-0.1, -0.05) is 25.3 Å². The summed E-state index contributed by atoms with van der Waals surface area (Å²) in [5.41, 5.74) is 3.64. The minimum Gasteiger partial charge on any atom is -0.351 e. The fourth-order valence-electron chi connectivity index (χ4n) is 4.96. The maximum absolute atomic E-state index is 14.0. The molecule has 2 atom stereocenters. The van der Waals surface area contributed by atoms with Crippen LogP contribution in [0.4, 0.5) is 10.1 Å². The second kappa shape index (κ2) is 8.42. The van der Waals surface area contributed by atoms with Crippen molar-refractivity contribution in [2.75, 3.05) is 4.90 Å². The third kappa shape index (κ3) is 3.85. The van der Waals surface area contributed by atoms with E-state index in [1.807, 2.05) is 36.5 Å². The molecule has 0 amide bonds. The summed E-state index contributed by atoms with van der Waals surface area (Å²) in [4.78, 5) is 6.72. The summed E-state index contributed by atoms with van der Waals surface area (Å²) in [6.45, 7) is 1.79. The monoisotopic (exact) mass is 434 g/mol. The van der Waals surface area contributed by atoms with Crippen molar-refractivity contribution in [3.63, 3.8) is 0 Å². The topological polar surface area (TPSA) is 33.1 Å². The average Bonchev–Trinajstić information content (AvgIpc) is 3.41. The van der Waals surface area contributed by atoms with Crippen LogP contribution in [0.25, 0.3) is 0 Å². The standard InChI is InChI=1S/C25H27FN4S/c1-17-15-20(10-11-21(17)26)30-24(23(28-25(30)31)22-9-5-6-13-27-22)18-12-14-29(16-18)19-7-3-2-4-8-19/h5-6,9-16,19,23-24H,2-4,7-8H2,1H3,(H,28,31)/t23-,24-/m1/s1. The quantitative estimate of drug-likeness (QED) is 0.510. The van der Waals surface area contributed by atoms with E-state index < -0.39 is 0 Å². The van der Waals surface area contributed by atoms with Gasteiger partial charge in [-0.25, -0.2) is 4.39 Å². The molecule has 2 fully saturated rings. The number of halogens is 1. The highest BCUT2D eigenvalue weighted by Crippen LogP contribution is 2.42. The van der Waals surface area contributed by atoms with Gasteiger partial charge in [0.2, 0.25) is 0 Å². The summed E-state index contributed by atoms with van der Waals surface area (Å²) in [6.07, 6.45) is 12.7. The summed E-state index contributed by atoms with van der Waals surface area (Å²) in [6, 6.07) is 13.8. The first-order valence-electron chi connectivity index (χ1n) is 11.1. The molecule has 2 aromatic heterocycles. The second-order valence-electron chi connectivity index (χ2n) is 8.61. The summed E-state index contributed by atoms with van der Waals surface area (Å²) >= 11 is 5.77. The summed E-state index contributed by atoms with van der Waals surface area (Å²) in [5, 5.41) is 4.12. The minimum atomic E-state index is -0.205. The first kappa shape index (κ1) is 20.2. The number of pyridine rings is 1. The van der Waals surface area contributed by atoms with Crippen molar-refractivity contribution in [2.45, 2.75) is 57.2 Å². The van der Waals surface area contributed by atoms with Gasteiger partial charge in [0.25, 0.3) is 0 Å². The minimum absolute atomic E-state index is 0.0582. The van der Waals surface area contributed by atoms with Crippen molar-refractivity contribution < 1.29 is 4.39 Å². The molecule has 0 spiro atoms. The van der Waals surface area contributed by atoms with Crippen molar-refractivity contribution in [1.29, 1.82) is 0 Å². The Morgan fingerprint density at radius 1 is 1.10 bits per heavy atom. The maximum Gasteiger partial charge on any atom is 0.174 e. The number of benzene rings is 1. The number of aromatic nitrogens is 2. The molecule has 1 aliphatic heterocycles. The lowest BCUT2D eigenvalue weighted by Gasteiger charge is -2.28. The zero-order chi connectivity index (χ0) is 21.4. The maximum atomic E-state index is 14.0. The largest absolute Gasteiger partial charge is 0.351 e. The lowest BCUT2D eigenvalue weighted by Crippen LogP contribution is -2.29. The van der Waals surface area contributed by atoms with Gasteiger partial charge in [-0.05, 0) is 79.5 Å². The summed E-state index contributed by atoms with van der Waals surface area (Å²) in [7, 11) is 0. The van der Waals surface area contributed by atoms with Crippen molar-refractivity contribution in [1.82, 2.24) is 14.9 Å². The highest BCUT2D eigenvalue weighted by atomic mass is 32.1.